The van der Waals surface area contributed by atoms with Gasteiger partial charge >= 0.3 is 0 Å². The zero-order valence-corrected chi connectivity index (χ0v) is 8.89. The van der Waals surface area contributed by atoms with Crippen molar-refractivity contribution in [3.05, 3.63) is 0 Å². The Bertz CT molecular complexity index is 134. The molecule has 1 heteroatoms. The predicted octanol–water partition coefficient (Wildman–Crippen LogP) is 3.24. The maximum absolute atomic E-state index is 5.63. The Morgan fingerprint density at radius 3 is 2.50 bits per heavy atom. The molecule has 0 spiro atoms. The van der Waals surface area contributed by atoms with Crippen LogP contribution < -0.4 is 0 Å². The zero-order chi connectivity index (χ0) is 9.19. The van der Waals surface area contributed by atoms with Crippen LogP contribution in [0.15, 0.2) is 0 Å². The first-order valence-corrected chi connectivity index (χ1v) is 5.12. The molecule has 1 rings (SSSR count). The molecule has 0 aromatic heterocycles. The molecule has 1 nitrogen and oxygen atoms in total. The lowest BCUT2D eigenvalue weighted by atomic mass is 9.76. The third kappa shape index (κ3) is 2.78. The Kier molecular flexibility index (Phi) is 3.16. The van der Waals surface area contributed by atoms with Gasteiger partial charge in [0, 0.05) is 6.61 Å². The highest BCUT2D eigenvalue weighted by atomic mass is 16.5. The highest BCUT2D eigenvalue weighted by Gasteiger charge is 2.27. The van der Waals surface area contributed by atoms with E-state index in [9.17, 15) is 0 Å². The Labute approximate surface area is 76.5 Å². The van der Waals surface area contributed by atoms with Crippen molar-refractivity contribution >= 4 is 0 Å². The molecule has 1 aliphatic rings. The highest BCUT2D eigenvalue weighted by Crippen LogP contribution is 2.35. The van der Waals surface area contributed by atoms with Gasteiger partial charge in [0.1, 0.15) is 0 Å². The van der Waals surface area contributed by atoms with Crippen molar-refractivity contribution in [2.75, 3.05) is 6.61 Å². The number of hydrogen-bond acceptors (Lipinski definition) is 1. The van der Waals surface area contributed by atoms with E-state index in [1.54, 1.807) is 0 Å². The summed E-state index contributed by atoms with van der Waals surface area (Å²) in [6, 6.07) is 0. The quantitative estimate of drug-likeness (QED) is 0.542. The molecular weight excluding hydrogens is 148 g/mol. The molecule has 0 bridgehead atoms. The van der Waals surface area contributed by atoms with Crippen LogP contribution >= 0.6 is 0 Å². The topological polar surface area (TPSA) is 9.23 Å². The van der Waals surface area contributed by atoms with Gasteiger partial charge in [-0.25, -0.2) is 0 Å². The number of ether oxygens (including phenoxy) is 1. The smallest absolute Gasteiger partial charge is 0.0549 e. The van der Waals surface area contributed by atoms with Crippen molar-refractivity contribution in [3.8, 4) is 0 Å². The van der Waals surface area contributed by atoms with Crippen molar-refractivity contribution in [1.82, 2.24) is 0 Å². The van der Waals surface area contributed by atoms with Gasteiger partial charge in [0.25, 0.3) is 0 Å². The molecule has 0 N–H and O–H groups in total. The Balaban J connectivity index is 2.52. The van der Waals surface area contributed by atoms with E-state index in [0.29, 0.717) is 11.5 Å². The lowest BCUT2D eigenvalue weighted by Crippen LogP contribution is -2.23. The van der Waals surface area contributed by atoms with E-state index >= 15 is 0 Å². The minimum Gasteiger partial charge on any atom is -0.378 e. The molecule has 1 heterocycles. The van der Waals surface area contributed by atoms with E-state index in [2.05, 4.69) is 27.7 Å². The molecule has 0 saturated carbocycles. The number of hydrogen-bond donors (Lipinski definition) is 0. The maximum Gasteiger partial charge on any atom is 0.0549 e. The molecule has 1 aliphatic heterocycles. The van der Waals surface area contributed by atoms with Crippen LogP contribution in [0.5, 0.6) is 0 Å². The monoisotopic (exact) mass is 170 g/mol. The van der Waals surface area contributed by atoms with E-state index in [4.69, 9.17) is 4.74 Å². The summed E-state index contributed by atoms with van der Waals surface area (Å²) in [4.78, 5) is 0. The second-order valence-electron chi connectivity index (χ2n) is 5.12. The highest BCUT2D eigenvalue weighted by molar-refractivity contribution is 4.77. The van der Waals surface area contributed by atoms with Gasteiger partial charge in [-0.15, -0.1) is 0 Å². The molecule has 0 amide bonds. The predicted molar refractivity (Wildman–Crippen MR) is 52.2 cm³/mol. The standard InChI is InChI=1S/C11H22O/c1-9-8-10(11(2,3)4)6-5-7-12-9/h9-10H,5-8H2,1-4H3/t9-,10+/m1/s1. The van der Waals surface area contributed by atoms with Gasteiger partial charge < -0.3 is 4.74 Å². The fourth-order valence-electron chi connectivity index (χ4n) is 1.99. The minimum atomic E-state index is 0.460. The Morgan fingerprint density at radius 1 is 1.25 bits per heavy atom. The van der Waals surface area contributed by atoms with Crippen LogP contribution in [0.25, 0.3) is 0 Å². The van der Waals surface area contributed by atoms with E-state index in [1.165, 1.54) is 19.3 Å². The van der Waals surface area contributed by atoms with E-state index in [-0.39, 0.29) is 0 Å². The molecule has 2 atom stereocenters. The van der Waals surface area contributed by atoms with E-state index in [1.807, 2.05) is 0 Å². The van der Waals surface area contributed by atoms with E-state index < -0.39 is 0 Å². The summed E-state index contributed by atoms with van der Waals surface area (Å²) in [6.45, 7) is 10.2. The minimum absolute atomic E-state index is 0.460. The first-order chi connectivity index (χ1) is 5.50. The SMILES string of the molecule is C[C@@H]1C[C@@H](C(C)(C)C)CCCO1. The van der Waals surface area contributed by atoms with Gasteiger partial charge in [0.15, 0.2) is 0 Å². The molecule has 0 radical (unpaired) electrons. The first-order valence-electron chi connectivity index (χ1n) is 5.12. The average Bonchev–Trinajstić information content (AvgIpc) is 2.11. The van der Waals surface area contributed by atoms with Gasteiger partial charge in [0.2, 0.25) is 0 Å². The normalized spacial score (nSPS) is 33.0. The van der Waals surface area contributed by atoms with Gasteiger partial charge in [-0.2, -0.15) is 0 Å². The zero-order valence-electron chi connectivity index (χ0n) is 8.89. The van der Waals surface area contributed by atoms with E-state index in [0.717, 1.165) is 12.5 Å². The van der Waals surface area contributed by atoms with Crippen molar-refractivity contribution in [3.63, 3.8) is 0 Å². The molecule has 0 aliphatic carbocycles. The fraction of sp³-hybridized carbons (Fsp3) is 1.00. The molecule has 1 saturated heterocycles. The van der Waals surface area contributed by atoms with Crippen LogP contribution in [-0.4, -0.2) is 12.7 Å². The van der Waals surface area contributed by atoms with Gasteiger partial charge in [-0.05, 0) is 37.5 Å². The second kappa shape index (κ2) is 3.78. The summed E-state index contributed by atoms with van der Waals surface area (Å²) >= 11 is 0. The summed E-state index contributed by atoms with van der Waals surface area (Å²) in [5, 5.41) is 0. The fourth-order valence-corrected chi connectivity index (χ4v) is 1.99. The van der Waals surface area contributed by atoms with Crippen molar-refractivity contribution in [2.45, 2.75) is 53.1 Å². The van der Waals surface area contributed by atoms with Crippen LogP contribution in [0.4, 0.5) is 0 Å². The lowest BCUT2D eigenvalue weighted by molar-refractivity contribution is 0.0591. The lowest BCUT2D eigenvalue weighted by Gasteiger charge is -2.30. The van der Waals surface area contributed by atoms with Crippen LogP contribution in [0.3, 0.4) is 0 Å². The van der Waals surface area contributed by atoms with Crippen molar-refractivity contribution in [1.29, 1.82) is 0 Å². The van der Waals surface area contributed by atoms with Gasteiger partial charge in [-0.3, -0.25) is 0 Å². The van der Waals surface area contributed by atoms with Crippen LogP contribution in [0.1, 0.15) is 47.0 Å². The van der Waals surface area contributed by atoms with Crippen molar-refractivity contribution < 1.29 is 4.74 Å². The Morgan fingerprint density at radius 2 is 1.92 bits per heavy atom. The summed E-state index contributed by atoms with van der Waals surface area (Å²) in [5.41, 5.74) is 0.460. The van der Waals surface area contributed by atoms with Gasteiger partial charge in [-0.1, -0.05) is 20.8 Å². The molecule has 12 heavy (non-hydrogen) atoms. The van der Waals surface area contributed by atoms with Crippen LogP contribution in [0.2, 0.25) is 0 Å². The summed E-state index contributed by atoms with van der Waals surface area (Å²) in [6.07, 6.45) is 4.29. The summed E-state index contributed by atoms with van der Waals surface area (Å²) in [7, 11) is 0. The maximum atomic E-state index is 5.63. The van der Waals surface area contributed by atoms with Crippen LogP contribution in [0, 0.1) is 11.3 Å². The molecule has 72 valence electrons. The largest absolute Gasteiger partial charge is 0.378 e. The molecule has 0 aromatic rings. The van der Waals surface area contributed by atoms with Crippen LogP contribution in [-0.2, 0) is 4.74 Å². The third-order valence-corrected chi connectivity index (χ3v) is 2.94. The molecule has 0 aromatic carbocycles. The average molecular weight is 170 g/mol. The second-order valence-corrected chi connectivity index (χ2v) is 5.12. The molecule has 0 unspecified atom stereocenters. The summed E-state index contributed by atoms with van der Waals surface area (Å²) < 4.78 is 5.63. The number of rotatable bonds is 0. The third-order valence-electron chi connectivity index (χ3n) is 2.94. The van der Waals surface area contributed by atoms with Gasteiger partial charge in [0.05, 0.1) is 6.10 Å². The first kappa shape index (κ1) is 10.0. The molecular formula is C11H22O. The summed E-state index contributed by atoms with van der Waals surface area (Å²) in [5.74, 6) is 0.843. The van der Waals surface area contributed by atoms with Crippen molar-refractivity contribution in [2.24, 2.45) is 11.3 Å². The molecule has 1 fully saturated rings. The Hall–Kier alpha value is -0.0400.